The van der Waals surface area contributed by atoms with E-state index in [0.29, 0.717) is 13.1 Å². The predicted octanol–water partition coefficient (Wildman–Crippen LogP) is 0.00960. The molecule has 0 radical (unpaired) electrons. The highest BCUT2D eigenvalue weighted by molar-refractivity contribution is 7.89. The van der Waals surface area contributed by atoms with E-state index in [1.165, 1.54) is 15.2 Å². The van der Waals surface area contributed by atoms with E-state index in [1.54, 1.807) is 7.05 Å². The van der Waals surface area contributed by atoms with Gasteiger partial charge in [0.15, 0.2) is 5.03 Å². The number of hydrogen-bond acceptors (Lipinski definition) is 4. The van der Waals surface area contributed by atoms with Crippen molar-refractivity contribution in [3.05, 3.63) is 11.2 Å². The van der Waals surface area contributed by atoms with Gasteiger partial charge >= 0.3 is 0 Å². The van der Waals surface area contributed by atoms with E-state index in [0.717, 1.165) is 13.1 Å². The van der Waals surface area contributed by atoms with Crippen molar-refractivity contribution < 1.29 is 8.42 Å². The van der Waals surface area contributed by atoms with Gasteiger partial charge in [0.05, 0.1) is 11.2 Å². The van der Waals surface area contributed by atoms with Crippen molar-refractivity contribution in [2.75, 3.05) is 33.2 Å². The topological polar surface area (TPSA) is 58.4 Å². The second-order valence-electron chi connectivity index (χ2n) is 4.13. The molecule has 6 nitrogen and oxygen atoms in total. The number of aromatic nitrogens is 2. The molecule has 1 aromatic heterocycles. The van der Waals surface area contributed by atoms with Crippen LogP contribution in [0.2, 0.25) is 5.02 Å². The van der Waals surface area contributed by atoms with Gasteiger partial charge in [-0.05, 0) is 7.05 Å². The van der Waals surface area contributed by atoms with Crippen LogP contribution in [0.1, 0.15) is 0 Å². The SMILES string of the molecule is CN1CCN(S(=O)(=O)c2c(Cl)cnn2C)CC1. The van der Waals surface area contributed by atoms with Crippen LogP contribution in [-0.2, 0) is 17.1 Å². The van der Waals surface area contributed by atoms with Crippen molar-refractivity contribution in [2.45, 2.75) is 5.03 Å². The smallest absolute Gasteiger partial charge is 0.261 e. The molecule has 1 aliphatic heterocycles. The normalized spacial score (nSPS) is 19.7. The van der Waals surface area contributed by atoms with Crippen molar-refractivity contribution in [2.24, 2.45) is 7.05 Å². The average molecular weight is 279 g/mol. The molecular weight excluding hydrogens is 264 g/mol. The molecule has 0 aromatic carbocycles. The van der Waals surface area contributed by atoms with E-state index < -0.39 is 10.0 Å². The fraction of sp³-hybridized carbons (Fsp3) is 0.667. The highest BCUT2D eigenvalue weighted by atomic mass is 35.5. The third-order valence-corrected chi connectivity index (χ3v) is 5.30. The number of sulfonamides is 1. The molecular formula is C9H15ClN4O2S. The van der Waals surface area contributed by atoms with E-state index in [9.17, 15) is 8.42 Å². The predicted molar refractivity (Wildman–Crippen MR) is 64.5 cm³/mol. The minimum atomic E-state index is -3.53. The summed E-state index contributed by atoms with van der Waals surface area (Å²) in [6.07, 6.45) is 1.35. The molecule has 1 saturated heterocycles. The Morgan fingerprint density at radius 1 is 1.24 bits per heavy atom. The molecule has 0 amide bonds. The number of rotatable bonds is 2. The van der Waals surface area contributed by atoms with Gasteiger partial charge in [-0.15, -0.1) is 0 Å². The summed E-state index contributed by atoms with van der Waals surface area (Å²) in [5.41, 5.74) is 0. The molecule has 0 atom stereocenters. The summed E-state index contributed by atoms with van der Waals surface area (Å²) in [4.78, 5) is 2.09. The summed E-state index contributed by atoms with van der Waals surface area (Å²) in [6.45, 7) is 2.43. The number of hydrogen-bond donors (Lipinski definition) is 0. The van der Waals surface area contributed by atoms with Crippen LogP contribution in [0, 0.1) is 0 Å². The third-order valence-electron chi connectivity index (χ3n) is 2.89. The molecule has 0 spiro atoms. The molecule has 1 aromatic rings. The second-order valence-corrected chi connectivity index (χ2v) is 6.39. The van der Waals surface area contributed by atoms with Crippen LogP contribution in [0.5, 0.6) is 0 Å². The van der Waals surface area contributed by atoms with E-state index in [1.807, 2.05) is 7.05 Å². The Hall–Kier alpha value is -0.630. The van der Waals surface area contributed by atoms with Gasteiger partial charge in [0.25, 0.3) is 10.0 Å². The molecule has 2 heterocycles. The highest BCUT2D eigenvalue weighted by Crippen LogP contribution is 2.24. The molecule has 17 heavy (non-hydrogen) atoms. The van der Waals surface area contributed by atoms with Gasteiger partial charge in [0.1, 0.15) is 0 Å². The molecule has 8 heteroatoms. The Balaban J connectivity index is 2.31. The largest absolute Gasteiger partial charge is 0.304 e. The minimum absolute atomic E-state index is 0.0729. The first kappa shape index (κ1) is 12.8. The van der Waals surface area contributed by atoms with E-state index in [4.69, 9.17) is 11.6 Å². The zero-order valence-electron chi connectivity index (χ0n) is 9.80. The number of aryl methyl sites for hydroxylation is 1. The lowest BCUT2D eigenvalue weighted by Gasteiger charge is -2.31. The van der Waals surface area contributed by atoms with E-state index in [2.05, 4.69) is 10.00 Å². The molecule has 1 aliphatic rings. The lowest BCUT2D eigenvalue weighted by atomic mass is 10.4. The zero-order chi connectivity index (χ0) is 12.6. The van der Waals surface area contributed by atoms with Gasteiger partial charge in [-0.1, -0.05) is 11.6 Å². The number of nitrogens with zero attached hydrogens (tertiary/aromatic N) is 4. The Morgan fingerprint density at radius 2 is 1.82 bits per heavy atom. The first-order valence-corrected chi connectivity index (χ1v) is 7.11. The quantitative estimate of drug-likeness (QED) is 0.765. The first-order valence-electron chi connectivity index (χ1n) is 5.29. The van der Waals surface area contributed by atoms with Crippen LogP contribution in [-0.4, -0.2) is 60.6 Å². The van der Waals surface area contributed by atoms with Crippen LogP contribution < -0.4 is 0 Å². The lowest BCUT2D eigenvalue weighted by Crippen LogP contribution is -2.47. The Morgan fingerprint density at radius 3 is 2.29 bits per heavy atom. The first-order chi connectivity index (χ1) is 7.93. The zero-order valence-corrected chi connectivity index (χ0v) is 11.4. The van der Waals surface area contributed by atoms with Crippen molar-refractivity contribution >= 4 is 21.6 Å². The fourth-order valence-corrected chi connectivity index (χ4v) is 3.87. The number of piperazine rings is 1. The standard InChI is InChI=1S/C9H15ClN4O2S/c1-12-3-5-14(6-4-12)17(15,16)9-8(10)7-11-13(9)2/h7H,3-6H2,1-2H3. The maximum atomic E-state index is 12.4. The van der Waals surface area contributed by atoms with Crippen molar-refractivity contribution in [1.29, 1.82) is 0 Å². The molecule has 0 bridgehead atoms. The summed E-state index contributed by atoms with van der Waals surface area (Å²) < 4.78 is 27.5. The van der Waals surface area contributed by atoms with Gasteiger partial charge in [-0.3, -0.25) is 4.68 Å². The summed E-state index contributed by atoms with van der Waals surface area (Å²) in [5, 5.41) is 4.11. The van der Waals surface area contributed by atoms with Gasteiger partial charge in [-0.25, -0.2) is 8.42 Å². The average Bonchev–Trinajstić information content (AvgIpc) is 2.59. The highest BCUT2D eigenvalue weighted by Gasteiger charge is 2.31. The Kier molecular flexibility index (Phi) is 3.44. The van der Waals surface area contributed by atoms with Crippen LogP contribution in [0.3, 0.4) is 0 Å². The maximum absolute atomic E-state index is 12.4. The van der Waals surface area contributed by atoms with Gasteiger partial charge in [0, 0.05) is 33.2 Å². The summed E-state index contributed by atoms with van der Waals surface area (Å²) >= 11 is 5.88. The lowest BCUT2D eigenvalue weighted by molar-refractivity contribution is 0.221. The van der Waals surface area contributed by atoms with Crippen LogP contribution >= 0.6 is 11.6 Å². The second kappa shape index (κ2) is 4.56. The molecule has 96 valence electrons. The fourth-order valence-electron chi connectivity index (χ4n) is 1.84. The maximum Gasteiger partial charge on any atom is 0.261 e. The number of likely N-dealkylation sites (N-methyl/N-ethyl adjacent to an activating group) is 1. The van der Waals surface area contributed by atoms with E-state index in [-0.39, 0.29) is 10.0 Å². The van der Waals surface area contributed by atoms with Crippen molar-refractivity contribution in [3.8, 4) is 0 Å². The molecule has 0 unspecified atom stereocenters. The molecule has 2 rings (SSSR count). The Bertz CT molecular complexity index is 486. The van der Waals surface area contributed by atoms with Gasteiger partial charge < -0.3 is 4.90 Å². The molecule has 1 fully saturated rings. The van der Waals surface area contributed by atoms with Crippen LogP contribution in [0.15, 0.2) is 11.2 Å². The van der Waals surface area contributed by atoms with Crippen molar-refractivity contribution in [3.63, 3.8) is 0 Å². The third kappa shape index (κ3) is 2.33. The van der Waals surface area contributed by atoms with Crippen LogP contribution in [0.4, 0.5) is 0 Å². The van der Waals surface area contributed by atoms with Gasteiger partial charge in [0.2, 0.25) is 0 Å². The summed E-state index contributed by atoms with van der Waals surface area (Å²) in [6, 6.07) is 0. The monoisotopic (exact) mass is 278 g/mol. The molecule has 0 N–H and O–H groups in total. The molecule has 0 saturated carbocycles. The van der Waals surface area contributed by atoms with Crippen molar-refractivity contribution in [1.82, 2.24) is 19.0 Å². The minimum Gasteiger partial charge on any atom is -0.304 e. The van der Waals surface area contributed by atoms with Crippen LogP contribution in [0.25, 0.3) is 0 Å². The number of halogens is 1. The van der Waals surface area contributed by atoms with E-state index >= 15 is 0 Å². The summed E-state index contributed by atoms with van der Waals surface area (Å²) in [5.74, 6) is 0. The summed E-state index contributed by atoms with van der Waals surface area (Å²) in [7, 11) is 0.0231. The Labute approximate surface area is 106 Å². The molecule has 0 aliphatic carbocycles. The van der Waals surface area contributed by atoms with Gasteiger partial charge in [-0.2, -0.15) is 9.40 Å².